The molecule has 0 radical (unpaired) electrons. The van der Waals surface area contributed by atoms with Crippen LogP contribution in [0.15, 0.2) is 12.3 Å². The van der Waals surface area contributed by atoms with E-state index in [-0.39, 0.29) is 0 Å². The van der Waals surface area contributed by atoms with E-state index in [9.17, 15) is 0 Å². The lowest BCUT2D eigenvalue weighted by Crippen LogP contribution is -2.50. The molecule has 0 spiro atoms. The van der Waals surface area contributed by atoms with Gasteiger partial charge in [0, 0.05) is 24.3 Å². The van der Waals surface area contributed by atoms with Crippen molar-refractivity contribution in [1.82, 2.24) is 19.4 Å². The average molecular weight is 323 g/mol. The fraction of sp³-hybridized carbons (Fsp3) is 0.600. The maximum Gasteiger partial charge on any atom is 0.179 e. The Morgan fingerprint density at radius 3 is 2.71 bits per heavy atom. The highest BCUT2D eigenvalue weighted by Crippen LogP contribution is 2.39. The summed E-state index contributed by atoms with van der Waals surface area (Å²) >= 11 is 11.6. The van der Waals surface area contributed by atoms with E-state index in [4.69, 9.17) is 23.8 Å². The number of aromatic amines is 1. The lowest BCUT2D eigenvalue weighted by Gasteiger charge is -2.47. The van der Waals surface area contributed by atoms with Crippen molar-refractivity contribution in [3.8, 4) is 0 Å². The van der Waals surface area contributed by atoms with Crippen molar-refractivity contribution in [1.29, 1.82) is 0 Å². The average Bonchev–Trinajstić information content (AvgIpc) is 2.73. The van der Waals surface area contributed by atoms with Crippen LogP contribution in [-0.4, -0.2) is 38.6 Å². The summed E-state index contributed by atoms with van der Waals surface area (Å²) in [4.78, 5) is 10.3. The standard InChI is InChI=1S/C15H19ClN4S/c1-19-10-3-2-4-11(19)7-12(6-10)20-14-13(18-15(20)21)5-9(16)8-17-14/h5,8,10-12H,2-4,6-7H2,1H3,(H,18,21). The Hall–Kier alpha value is -0.910. The van der Waals surface area contributed by atoms with Gasteiger partial charge in [-0.2, -0.15) is 0 Å². The molecule has 2 aromatic rings. The maximum absolute atomic E-state index is 6.03. The smallest absolute Gasteiger partial charge is 0.179 e. The third-order valence-electron chi connectivity index (χ3n) is 5.20. The monoisotopic (exact) mass is 322 g/mol. The molecule has 2 bridgehead atoms. The Bertz CT molecular complexity index is 723. The Morgan fingerprint density at radius 1 is 1.29 bits per heavy atom. The number of halogens is 1. The fourth-order valence-corrected chi connectivity index (χ4v) is 4.63. The zero-order chi connectivity index (χ0) is 14.6. The molecule has 1 N–H and O–H groups in total. The first-order valence-electron chi connectivity index (χ1n) is 7.61. The molecule has 112 valence electrons. The summed E-state index contributed by atoms with van der Waals surface area (Å²) in [5.74, 6) is 0. The van der Waals surface area contributed by atoms with Crippen molar-refractivity contribution >= 4 is 35.0 Å². The van der Waals surface area contributed by atoms with Crippen molar-refractivity contribution in [2.45, 2.75) is 50.2 Å². The Balaban J connectivity index is 1.77. The van der Waals surface area contributed by atoms with Gasteiger partial charge in [0.1, 0.15) is 0 Å². The number of imidazole rings is 1. The van der Waals surface area contributed by atoms with Crippen LogP contribution in [0.5, 0.6) is 0 Å². The molecular formula is C15H19ClN4S. The SMILES string of the molecule is CN1C2CCCC1CC(n1c(=S)[nH]c3cc(Cl)cnc31)C2. The van der Waals surface area contributed by atoms with Crippen LogP contribution in [0.2, 0.25) is 5.02 Å². The second-order valence-corrected chi connectivity index (χ2v) is 7.18. The van der Waals surface area contributed by atoms with E-state index in [0.717, 1.165) is 15.9 Å². The van der Waals surface area contributed by atoms with Crippen LogP contribution in [0.1, 0.15) is 38.1 Å². The number of H-pyrrole nitrogens is 1. The molecule has 4 heterocycles. The lowest BCUT2D eigenvalue weighted by molar-refractivity contribution is 0.0405. The largest absolute Gasteiger partial charge is 0.329 e. The number of hydrogen-bond acceptors (Lipinski definition) is 3. The summed E-state index contributed by atoms with van der Waals surface area (Å²) in [6, 6.07) is 3.72. The first-order chi connectivity index (χ1) is 10.1. The van der Waals surface area contributed by atoms with Crippen LogP contribution in [0.4, 0.5) is 0 Å². The molecule has 0 amide bonds. The number of fused-ring (bicyclic) bond motifs is 3. The molecular weight excluding hydrogens is 304 g/mol. The van der Waals surface area contributed by atoms with Gasteiger partial charge in [-0.05, 0) is 51.0 Å². The zero-order valence-corrected chi connectivity index (χ0v) is 13.6. The van der Waals surface area contributed by atoms with Crippen molar-refractivity contribution in [3.63, 3.8) is 0 Å². The van der Waals surface area contributed by atoms with Crippen molar-refractivity contribution < 1.29 is 0 Å². The number of nitrogens with one attached hydrogen (secondary N) is 1. The molecule has 2 fully saturated rings. The van der Waals surface area contributed by atoms with E-state index in [1.54, 1.807) is 6.20 Å². The van der Waals surface area contributed by atoms with E-state index < -0.39 is 0 Å². The number of rotatable bonds is 1. The molecule has 0 saturated carbocycles. The molecule has 2 aromatic heterocycles. The van der Waals surface area contributed by atoms with E-state index in [0.29, 0.717) is 23.1 Å². The van der Waals surface area contributed by atoms with E-state index >= 15 is 0 Å². The van der Waals surface area contributed by atoms with E-state index in [2.05, 4.69) is 26.5 Å². The number of pyridine rings is 1. The molecule has 4 rings (SSSR count). The number of aromatic nitrogens is 3. The van der Waals surface area contributed by atoms with Gasteiger partial charge in [0.15, 0.2) is 10.4 Å². The minimum atomic E-state index is 0.450. The Labute approximate surface area is 134 Å². The van der Waals surface area contributed by atoms with Gasteiger partial charge < -0.3 is 9.88 Å². The van der Waals surface area contributed by atoms with Crippen molar-refractivity contribution in [2.75, 3.05) is 7.05 Å². The zero-order valence-electron chi connectivity index (χ0n) is 12.1. The summed E-state index contributed by atoms with van der Waals surface area (Å²) in [5, 5.41) is 0.645. The first kappa shape index (κ1) is 13.7. The van der Waals surface area contributed by atoms with E-state index in [1.165, 1.54) is 32.1 Å². The molecule has 6 heteroatoms. The van der Waals surface area contributed by atoms with Crippen LogP contribution in [-0.2, 0) is 0 Å². The number of hydrogen-bond donors (Lipinski definition) is 1. The molecule has 2 atom stereocenters. The summed E-state index contributed by atoms with van der Waals surface area (Å²) in [6.45, 7) is 0. The molecule has 4 nitrogen and oxygen atoms in total. The third-order valence-corrected chi connectivity index (χ3v) is 5.71. The topological polar surface area (TPSA) is 36.9 Å². The predicted octanol–water partition coefficient (Wildman–Crippen LogP) is 3.94. The van der Waals surface area contributed by atoms with Crippen molar-refractivity contribution in [2.24, 2.45) is 0 Å². The van der Waals surface area contributed by atoms with Gasteiger partial charge >= 0.3 is 0 Å². The van der Waals surface area contributed by atoms with Gasteiger partial charge in [-0.1, -0.05) is 18.0 Å². The third kappa shape index (κ3) is 2.22. The quantitative estimate of drug-likeness (QED) is 0.808. The van der Waals surface area contributed by atoms with Crippen LogP contribution >= 0.6 is 23.8 Å². The normalized spacial score (nSPS) is 29.9. The molecule has 0 aromatic carbocycles. The highest BCUT2D eigenvalue weighted by atomic mass is 35.5. The highest BCUT2D eigenvalue weighted by molar-refractivity contribution is 7.71. The highest BCUT2D eigenvalue weighted by Gasteiger charge is 2.37. The van der Waals surface area contributed by atoms with Crippen LogP contribution in [0.25, 0.3) is 11.2 Å². The van der Waals surface area contributed by atoms with Crippen molar-refractivity contribution in [3.05, 3.63) is 22.1 Å². The van der Waals surface area contributed by atoms with Gasteiger partial charge in [-0.3, -0.25) is 4.57 Å². The van der Waals surface area contributed by atoms with Gasteiger partial charge in [0.25, 0.3) is 0 Å². The minimum absolute atomic E-state index is 0.450. The number of piperidine rings is 2. The van der Waals surface area contributed by atoms with Gasteiger partial charge in [-0.15, -0.1) is 0 Å². The Kier molecular flexibility index (Phi) is 3.32. The van der Waals surface area contributed by atoms with Gasteiger partial charge in [-0.25, -0.2) is 4.98 Å². The van der Waals surface area contributed by atoms with Gasteiger partial charge in [0.05, 0.1) is 10.5 Å². The molecule has 2 unspecified atom stereocenters. The molecule has 2 saturated heterocycles. The minimum Gasteiger partial charge on any atom is -0.329 e. The summed E-state index contributed by atoms with van der Waals surface area (Å²) in [6.07, 6.45) is 8.01. The van der Waals surface area contributed by atoms with E-state index in [1.807, 2.05) is 6.07 Å². The molecule has 0 aliphatic carbocycles. The predicted molar refractivity (Wildman–Crippen MR) is 87.4 cm³/mol. The number of nitrogens with zero attached hydrogens (tertiary/aromatic N) is 3. The Morgan fingerprint density at radius 2 is 2.00 bits per heavy atom. The lowest BCUT2D eigenvalue weighted by atomic mass is 9.82. The van der Waals surface area contributed by atoms with Crippen LogP contribution in [0.3, 0.4) is 0 Å². The summed E-state index contributed by atoms with van der Waals surface area (Å²) < 4.78 is 2.99. The fourth-order valence-electron chi connectivity index (χ4n) is 4.12. The summed E-state index contributed by atoms with van der Waals surface area (Å²) in [5.41, 5.74) is 1.88. The van der Waals surface area contributed by atoms with Gasteiger partial charge in [0.2, 0.25) is 0 Å². The second kappa shape index (κ2) is 5.07. The van der Waals surface area contributed by atoms with Crippen LogP contribution < -0.4 is 0 Å². The first-order valence-corrected chi connectivity index (χ1v) is 8.40. The second-order valence-electron chi connectivity index (χ2n) is 6.35. The van der Waals surface area contributed by atoms with Crippen LogP contribution in [0, 0.1) is 4.77 Å². The maximum atomic E-state index is 6.03. The molecule has 2 aliphatic rings. The molecule has 21 heavy (non-hydrogen) atoms. The summed E-state index contributed by atoms with van der Waals surface area (Å²) in [7, 11) is 2.28. The molecule has 2 aliphatic heterocycles.